The van der Waals surface area contributed by atoms with Crippen LogP contribution in [0, 0.1) is 18.8 Å². The number of nitrogens with one attached hydrogen (secondary N) is 2. The van der Waals surface area contributed by atoms with Crippen LogP contribution in [0.2, 0.25) is 0 Å². The third-order valence-corrected chi connectivity index (χ3v) is 3.89. The van der Waals surface area contributed by atoms with Gasteiger partial charge in [0.05, 0.1) is 5.92 Å². The Hall–Kier alpha value is -2.04. The van der Waals surface area contributed by atoms with Gasteiger partial charge in [-0.1, -0.05) is 24.6 Å². The highest BCUT2D eigenvalue weighted by molar-refractivity contribution is 5.90. The molecule has 5 heteroatoms. The molecular formula is C15H20N2O3. The van der Waals surface area contributed by atoms with Gasteiger partial charge in [-0.3, -0.25) is 4.79 Å². The number of para-hydroxylation sites is 1. The molecule has 3 N–H and O–H groups in total. The third kappa shape index (κ3) is 3.50. The zero-order chi connectivity index (χ0) is 14.5. The van der Waals surface area contributed by atoms with Crippen molar-refractivity contribution in [2.24, 2.45) is 11.8 Å². The van der Waals surface area contributed by atoms with Crippen molar-refractivity contribution in [1.82, 2.24) is 5.32 Å². The largest absolute Gasteiger partial charge is 0.481 e. The van der Waals surface area contributed by atoms with Crippen LogP contribution in [-0.4, -0.2) is 23.7 Å². The number of hydrogen-bond acceptors (Lipinski definition) is 2. The number of aryl methyl sites for hydroxylation is 1. The number of hydrogen-bond donors (Lipinski definition) is 3. The molecule has 2 amide bonds. The molecule has 0 aromatic heterocycles. The second-order valence-corrected chi connectivity index (χ2v) is 5.29. The molecule has 0 radical (unpaired) electrons. The molecule has 0 aliphatic heterocycles. The first-order valence-corrected chi connectivity index (χ1v) is 6.91. The van der Waals surface area contributed by atoms with Gasteiger partial charge in [0, 0.05) is 12.2 Å². The molecule has 1 aliphatic carbocycles. The van der Waals surface area contributed by atoms with Crippen molar-refractivity contribution in [2.45, 2.75) is 26.2 Å². The normalized spacial score (nSPS) is 21.4. The van der Waals surface area contributed by atoms with E-state index in [1.807, 2.05) is 31.2 Å². The second kappa shape index (κ2) is 6.41. The van der Waals surface area contributed by atoms with E-state index in [9.17, 15) is 9.59 Å². The van der Waals surface area contributed by atoms with E-state index in [1.165, 1.54) is 0 Å². The van der Waals surface area contributed by atoms with Gasteiger partial charge in [0.15, 0.2) is 0 Å². The van der Waals surface area contributed by atoms with Crippen LogP contribution in [0.3, 0.4) is 0 Å². The van der Waals surface area contributed by atoms with Gasteiger partial charge < -0.3 is 15.7 Å². The van der Waals surface area contributed by atoms with Gasteiger partial charge >= 0.3 is 12.0 Å². The van der Waals surface area contributed by atoms with Gasteiger partial charge in [-0.05, 0) is 37.3 Å². The highest BCUT2D eigenvalue weighted by Crippen LogP contribution is 2.31. The van der Waals surface area contributed by atoms with Gasteiger partial charge in [0.25, 0.3) is 0 Å². The Balaban J connectivity index is 1.84. The van der Waals surface area contributed by atoms with Crippen molar-refractivity contribution in [3.63, 3.8) is 0 Å². The standard InChI is InChI=1S/C15H20N2O3/c1-10-5-2-3-8-13(10)17-15(20)16-9-11-6-4-7-12(11)14(18)19/h2-3,5,8,11-12H,4,6-7,9H2,1H3,(H,18,19)(H2,16,17,20). The number of benzene rings is 1. The monoisotopic (exact) mass is 276 g/mol. The summed E-state index contributed by atoms with van der Waals surface area (Å²) in [4.78, 5) is 22.9. The first kappa shape index (κ1) is 14.4. The summed E-state index contributed by atoms with van der Waals surface area (Å²) in [5, 5.41) is 14.6. The van der Waals surface area contributed by atoms with Crippen LogP contribution in [0.5, 0.6) is 0 Å². The maximum atomic E-state index is 11.8. The van der Waals surface area contributed by atoms with Crippen molar-refractivity contribution < 1.29 is 14.7 Å². The third-order valence-electron chi connectivity index (χ3n) is 3.89. The fourth-order valence-corrected chi connectivity index (χ4v) is 2.71. The number of anilines is 1. The molecule has 2 rings (SSSR count). The predicted octanol–water partition coefficient (Wildman–Crippen LogP) is 2.62. The topological polar surface area (TPSA) is 78.4 Å². The Morgan fingerprint density at radius 3 is 2.75 bits per heavy atom. The van der Waals surface area contributed by atoms with Crippen LogP contribution in [0.4, 0.5) is 10.5 Å². The second-order valence-electron chi connectivity index (χ2n) is 5.29. The lowest BCUT2D eigenvalue weighted by Crippen LogP contribution is -2.35. The van der Waals surface area contributed by atoms with Crippen LogP contribution < -0.4 is 10.6 Å². The van der Waals surface area contributed by atoms with Crippen molar-refractivity contribution >= 4 is 17.7 Å². The zero-order valence-corrected chi connectivity index (χ0v) is 11.6. The Labute approximate surface area is 118 Å². The summed E-state index contributed by atoms with van der Waals surface area (Å²) in [7, 11) is 0. The van der Waals surface area contributed by atoms with Gasteiger partial charge in [-0.15, -0.1) is 0 Å². The van der Waals surface area contributed by atoms with E-state index in [4.69, 9.17) is 5.11 Å². The summed E-state index contributed by atoms with van der Waals surface area (Å²) in [5.74, 6) is -1.04. The Morgan fingerprint density at radius 2 is 2.05 bits per heavy atom. The zero-order valence-electron chi connectivity index (χ0n) is 11.6. The summed E-state index contributed by atoms with van der Waals surface area (Å²) in [6.45, 7) is 2.34. The average Bonchev–Trinajstić information content (AvgIpc) is 2.88. The van der Waals surface area contributed by atoms with E-state index in [-0.39, 0.29) is 17.9 Å². The van der Waals surface area contributed by atoms with Gasteiger partial charge in [-0.25, -0.2) is 4.79 Å². The van der Waals surface area contributed by atoms with Crippen molar-refractivity contribution in [1.29, 1.82) is 0 Å². The Bertz CT molecular complexity index is 502. The molecule has 1 aromatic rings. The lowest BCUT2D eigenvalue weighted by molar-refractivity contribution is -0.142. The molecule has 0 spiro atoms. The maximum absolute atomic E-state index is 11.8. The van der Waals surface area contributed by atoms with Gasteiger partial charge in [0.2, 0.25) is 0 Å². The minimum Gasteiger partial charge on any atom is -0.481 e. The molecule has 0 heterocycles. The highest BCUT2D eigenvalue weighted by Gasteiger charge is 2.32. The SMILES string of the molecule is Cc1ccccc1NC(=O)NCC1CCCC1C(=O)O. The number of carbonyl (C=O) groups is 2. The maximum Gasteiger partial charge on any atom is 0.319 e. The molecule has 1 aliphatic rings. The quantitative estimate of drug-likeness (QED) is 0.791. The minimum atomic E-state index is -0.756. The molecule has 2 atom stereocenters. The van der Waals surface area contributed by atoms with Gasteiger partial charge in [0.1, 0.15) is 0 Å². The number of rotatable bonds is 4. The number of aliphatic carboxylic acids is 1. The lowest BCUT2D eigenvalue weighted by Gasteiger charge is -2.17. The number of urea groups is 1. The number of carboxylic acids is 1. The molecule has 108 valence electrons. The number of carbonyl (C=O) groups excluding carboxylic acids is 1. The van der Waals surface area contributed by atoms with E-state index >= 15 is 0 Å². The van der Waals surface area contributed by atoms with Gasteiger partial charge in [-0.2, -0.15) is 0 Å². The van der Waals surface area contributed by atoms with E-state index < -0.39 is 5.97 Å². The predicted molar refractivity (Wildman–Crippen MR) is 76.7 cm³/mol. The molecule has 20 heavy (non-hydrogen) atoms. The molecular weight excluding hydrogens is 256 g/mol. The summed E-state index contributed by atoms with van der Waals surface area (Å²) in [6, 6.07) is 7.25. The summed E-state index contributed by atoms with van der Waals surface area (Å²) in [6.07, 6.45) is 2.49. The van der Waals surface area contributed by atoms with Crippen LogP contribution >= 0.6 is 0 Å². The van der Waals surface area contributed by atoms with E-state index in [1.54, 1.807) is 0 Å². The number of amides is 2. The molecule has 1 saturated carbocycles. The van der Waals surface area contributed by atoms with Crippen molar-refractivity contribution in [2.75, 3.05) is 11.9 Å². The first-order chi connectivity index (χ1) is 9.58. The Kier molecular flexibility index (Phi) is 4.61. The first-order valence-electron chi connectivity index (χ1n) is 6.91. The highest BCUT2D eigenvalue weighted by atomic mass is 16.4. The fourth-order valence-electron chi connectivity index (χ4n) is 2.71. The van der Waals surface area contributed by atoms with Crippen LogP contribution in [0.1, 0.15) is 24.8 Å². The number of carboxylic acid groups (broad SMARTS) is 1. The lowest BCUT2D eigenvalue weighted by atomic mass is 9.96. The fraction of sp³-hybridized carbons (Fsp3) is 0.467. The smallest absolute Gasteiger partial charge is 0.319 e. The average molecular weight is 276 g/mol. The van der Waals surface area contributed by atoms with Crippen molar-refractivity contribution in [3.05, 3.63) is 29.8 Å². The minimum absolute atomic E-state index is 0.0371. The molecule has 5 nitrogen and oxygen atoms in total. The molecule has 2 unspecified atom stereocenters. The van der Waals surface area contributed by atoms with E-state index in [2.05, 4.69) is 10.6 Å². The van der Waals surface area contributed by atoms with Crippen LogP contribution in [-0.2, 0) is 4.79 Å². The summed E-state index contributed by atoms with van der Waals surface area (Å²) in [5.41, 5.74) is 1.76. The van der Waals surface area contributed by atoms with E-state index in [0.29, 0.717) is 13.0 Å². The molecule has 0 saturated heterocycles. The molecule has 1 aromatic carbocycles. The van der Waals surface area contributed by atoms with Crippen LogP contribution in [0.25, 0.3) is 0 Å². The van der Waals surface area contributed by atoms with Crippen LogP contribution in [0.15, 0.2) is 24.3 Å². The van der Waals surface area contributed by atoms with E-state index in [0.717, 1.165) is 24.1 Å². The van der Waals surface area contributed by atoms with Crippen molar-refractivity contribution in [3.8, 4) is 0 Å². The Morgan fingerprint density at radius 1 is 1.30 bits per heavy atom. The molecule has 0 bridgehead atoms. The molecule has 1 fully saturated rings. The summed E-state index contributed by atoms with van der Waals surface area (Å²) < 4.78 is 0. The summed E-state index contributed by atoms with van der Waals surface area (Å²) >= 11 is 0.